The normalized spacial score (nSPS) is 11.1. The lowest BCUT2D eigenvalue weighted by molar-refractivity contribution is -0.116. The van der Waals surface area contributed by atoms with Crippen molar-refractivity contribution in [3.05, 3.63) is 54.1 Å². The van der Waals surface area contributed by atoms with Crippen LogP contribution in [0.15, 0.2) is 48.5 Å². The Morgan fingerprint density at radius 3 is 2.37 bits per heavy atom. The molecule has 0 heterocycles. The largest absolute Gasteiger partial charge is 0.495 e. The van der Waals surface area contributed by atoms with E-state index < -0.39 is 10.0 Å². The molecule has 0 aromatic heterocycles. The summed E-state index contributed by atoms with van der Waals surface area (Å²) in [7, 11) is -1.88. The molecule has 0 fully saturated rings. The zero-order valence-corrected chi connectivity index (χ0v) is 16.8. The first-order chi connectivity index (χ1) is 12.8. The summed E-state index contributed by atoms with van der Waals surface area (Å²) < 4.78 is 30.8. The quantitative estimate of drug-likeness (QED) is 0.712. The Morgan fingerprint density at radius 1 is 1.11 bits per heavy atom. The number of hydrogen-bond acceptors (Lipinski definition) is 4. The molecule has 0 atom stereocenters. The molecule has 0 aliphatic heterocycles. The van der Waals surface area contributed by atoms with Crippen LogP contribution in [0.25, 0.3) is 0 Å². The smallest absolute Gasteiger partial charge is 0.232 e. The van der Waals surface area contributed by atoms with E-state index >= 15 is 0 Å². The molecule has 1 amide bonds. The molecule has 0 spiro atoms. The van der Waals surface area contributed by atoms with Crippen molar-refractivity contribution in [3.8, 4) is 5.75 Å². The minimum atomic E-state index is -3.42. The highest BCUT2D eigenvalue weighted by Crippen LogP contribution is 2.23. The van der Waals surface area contributed by atoms with E-state index in [0.717, 1.165) is 12.0 Å². The number of ether oxygens (including phenoxy) is 1. The van der Waals surface area contributed by atoms with Crippen LogP contribution in [0.4, 0.5) is 11.4 Å². The van der Waals surface area contributed by atoms with Gasteiger partial charge in [0.2, 0.25) is 15.9 Å². The zero-order valence-electron chi connectivity index (χ0n) is 15.9. The van der Waals surface area contributed by atoms with Crippen LogP contribution in [0.5, 0.6) is 5.75 Å². The Morgan fingerprint density at radius 2 is 1.78 bits per heavy atom. The van der Waals surface area contributed by atoms with Crippen LogP contribution in [-0.4, -0.2) is 34.2 Å². The van der Waals surface area contributed by atoms with Crippen molar-refractivity contribution in [1.29, 1.82) is 0 Å². The van der Waals surface area contributed by atoms with Gasteiger partial charge in [-0.2, -0.15) is 0 Å². The fourth-order valence-corrected chi connectivity index (χ4v) is 3.69. The van der Waals surface area contributed by atoms with Gasteiger partial charge >= 0.3 is 0 Å². The van der Waals surface area contributed by atoms with Crippen molar-refractivity contribution in [2.24, 2.45) is 0 Å². The summed E-state index contributed by atoms with van der Waals surface area (Å²) in [5.74, 6) is 0.397. The number of hydrogen-bond donors (Lipinski definition) is 1. The first kappa shape index (κ1) is 20.8. The Hall–Kier alpha value is -2.54. The maximum absolute atomic E-state index is 12.2. The van der Waals surface area contributed by atoms with Gasteiger partial charge in [0, 0.05) is 13.0 Å². The molecule has 0 bridgehead atoms. The summed E-state index contributed by atoms with van der Waals surface area (Å²) in [4.78, 5) is 12.2. The first-order valence-corrected chi connectivity index (χ1v) is 10.7. The van der Waals surface area contributed by atoms with E-state index in [2.05, 4.69) is 5.32 Å². The number of sulfonamides is 1. The maximum Gasteiger partial charge on any atom is 0.232 e. The van der Waals surface area contributed by atoms with E-state index in [1.807, 2.05) is 31.2 Å². The maximum atomic E-state index is 12.2. The SMILES string of the molecule is CCc1ccc(N(CCCC(=O)Nc2ccccc2OC)S(C)(=O)=O)cc1. The van der Waals surface area contributed by atoms with Gasteiger partial charge in [0.1, 0.15) is 5.75 Å². The molecule has 0 saturated carbocycles. The molecular formula is C20H26N2O4S. The number of methoxy groups -OCH3 is 1. The zero-order chi connectivity index (χ0) is 19.9. The summed E-state index contributed by atoms with van der Waals surface area (Å²) in [5.41, 5.74) is 2.35. The number of nitrogens with zero attached hydrogens (tertiary/aromatic N) is 1. The second kappa shape index (κ2) is 9.41. The Balaban J connectivity index is 1.98. The average Bonchev–Trinajstić information content (AvgIpc) is 2.65. The predicted molar refractivity (Wildman–Crippen MR) is 109 cm³/mol. The number of para-hydroxylation sites is 2. The standard InChI is InChI=1S/C20H26N2O4S/c1-4-16-11-13-17(14-12-16)22(27(3,24)25)15-7-10-20(23)21-18-8-5-6-9-19(18)26-2/h5-6,8-9,11-14H,4,7,10,15H2,1-3H3,(H,21,23). The molecule has 2 rings (SSSR count). The Bertz CT molecular complexity index is 864. The Kier molecular flexibility index (Phi) is 7.24. The molecule has 146 valence electrons. The van der Waals surface area contributed by atoms with E-state index in [4.69, 9.17) is 4.74 Å². The van der Waals surface area contributed by atoms with Crippen molar-refractivity contribution in [3.63, 3.8) is 0 Å². The minimum absolute atomic E-state index is 0.186. The molecule has 0 radical (unpaired) electrons. The van der Waals surface area contributed by atoms with Crippen LogP contribution in [0.3, 0.4) is 0 Å². The lowest BCUT2D eigenvalue weighted by atomic mass is 10.1. The van der Waals surface area contributed by atoms with E-state index in [1.165, 1.54) is 10.6 Å². The van der Waals surface area contributed by atoms with Crippen molar-refractivity contribution in [1.82, 2.24) is 0 Å². The number of rotatable bonds is 9. The average molecular weight is 391 g/mol. The first-order valence-electron chi connectivity index (χ1n) is 8.84. The van der Waals surface area contributed by atoms with Crippen LogP contribution in [0.1, 0.15) is 25.3 Å². The van der Waals surface area contributed by atoms with Gasteiger partial charge in [0.05, 0.1) is 24.7 Å². The molecule has 2 aromatic carbocycles. The number of benzene rings is 2. The molecule has 0 saturated heterocycles. The third kappa shape index (κ3) is 5.99. The second-order valence-electron chi connectivity index (χ2n) is 6.21. The highest BCUT2D eigenvalue weighted by molar-refractivity contribution is 7.92. The van der Waals surface area contributed by atoms with E-state index in [0.29, 0.717) is 23.5 Å². The molecule has 0 unspecified atom stereocenters. The van der Waals surface area contributed by atoms with Crippen LogP contribution < -0.4 is 14.4 Å². The fraction of sp³-hybridized carbons (Fsp3) is 0.350. The summed E-state index contributed by atoms with van der Waals surface area (Å²) in [6.07, 6.45) is 2.68. The number of aryl methyl sites for hydroxylation is 1. The second-order valence-corrected chi connectivity index (χ2v) is 8.11. The molecule has 2 aromatic rings. The van der Waals surface area contributed by atoms with Crippen molar-refractivity contribution >= 4 is 27.3 Å². The van der Waals surface area contributed by atoms with Crippen molar-refractivity contribution in [2.45, 2.75) is 26.2 Å². The summed E-state index contributed by atoms with van der Waals surface area (Å²) in [6, 6.07) is 14.6. The lowest BCUT2D eigenvalue weighted by Gasteiger charge is -2.22. The molecular weight excluding hydrogens is 364 g/mol. The van der Waals surface area contributed by atoms with E-state index in [-0.39, 0.29) is 18.9 Å². The van der Waals surface area contributed by atoms with Crippen LogP contribution in [0.2, 0.25) is 0 Å². The number of carbonyl (C=O) groups excluding carboxylic acids is 1. The van der Waals surface area contributed by atoms with E-state index in [9.17, 15) is 13.2 Å². The molecule has 0 aliphatic carbocycles. The number of anilines is 2. The minimum Gasteiger partial charge on any atom is -0.495 e. The van der Waals surface area contributed by atoms with Gasteiger partial charge in [0.25, 0.3) is 0 Å². The third-order valence-corrected chi connectivity index (χ3v) is 5.37. The molecule has 7 heteroatoms. The summed E-state index contributed by atoms with van der Waals surface area (Å²) in [6.45, 7) is 2.29. The van der Waals surface area contributed by atoms with Gasteiger partial charge < -0.3 is 10.1 Å². The fourth-order valence-electron chi connectivity index (χ4n) is 2.73. The van der Waals surface area contributed by atoms with Crippen LogP contribution in [0, 0.1) is 0 Å². The van der Waals surface area contributed by atoms with Gasteiger partial charge in [-0.15, -0.1) is 0 Å². The Labute approximate surface area is 161 Å². The summed E-state index contributed by atoms with van der Waals surface area (Å²) >= 11 is 0. The van der Waals surface area contributed by atoms with Crippen LogP contribution >= 0.6 is 0 Å². The molecule has 27 heavy (non-hydrogen) atoms. The van der Waals surface area contributed by atoms with Gasteiger partial charge in [-0.3, -0.25) is 9.10 Å². The van der Waals surface area contributed by atoms with Gasteiger partial charge in [-0.25, -0.2) is 8.42 Å². The van der Waals surface area contributed by atoms with E-state index in [1.54, 1.807) is 31.4 Å². The van der Waals surface area contributed by atoms with Crippen molar-refractivity contribution < 1.29 is 17.9 Å². The van der Waals surface area contributed by atoms with Gasteiger partial charge in [0.15, 0.2) is 0 Å². The predicted octanol–water partition coefficient (Wildman–Crippen LogP) is 3.44. The van der Waals surface area contributed by atoms with Crippen molar-refractivity contribution in [2.75, 3.05) is 29.5 Å². The number of amides is 1. The molecule has 1 N–H and O–H groups in total. The number of carbonyl (C=O) groups is 1. The van der Waals surface area contributed by atoms with Gasteiger partial charge in [-0.1, -0.05) is 31.2 Å². The third-order valence-electron chi connectivity index (χ3n) is 4.18. The van der Waals surface area contributed by atoms with Gasteiger partial charge in [-0.05, 0) is 42.7 Å². The highest BCUT2D eigenvalue weighted by atomic mass is 32.2. The van der Waals surface area contributed by atoms with Crippen LogP contribution in [-0.2, 0) is 21.2 Å². The lowest BCUT2D eigenvalue weighted by Crippen LogP contribution is -2.31. The number of nitrogens with one attached hydrogen (secondary N) is 1. The topological polar surface area (TPSA) is 75.7 Å². The summed E-state index contributed by atoms with van der Waals surface area (Å²) in [5, 5.41) is 2.80. The highest BCUT2D eigenvalue weighted by Gasteiger charge is 2.17. The molecule has 6 nitrogen and oxygen atoms in total. The molecule has 0 aliphatic rings. The monoisotopic (exact) mass is 390 g/mol.